The molecule has 2 aromatic carbocycles. The molecule has 1 amide bonds. The van der Waals surface area contributed by atoms with Gasteiger partial charge in [0.2, 0.25) is 0 Å². The van der Waals surface area contributed by atoms with Crippen LogP contribution in [0.3, 0.4) is 0 Å². The average Bonchev–Trinajstić information content (AvgIpc) is 2.53. The molecule has 0 atom stereocenters. The summed E-state index contributed by atoms with van der Waals surface area (Å²) in [6, 6.07) is 11.1. The molecule has 110 valence electrons. The molecule has 2 nitrogen and oxygen atoms in total. The molecule has 0 N–H and O–H groups in total. The van der Waals surface area contributed by atoms with Gasteiger partial charge >= 0.3 is 0 Å². The topological polar surface area (TPSA) is 20.3 Å². The number of nitrogens with zero attached hydrogens (tertiary/aromatic N) is 1. The van der Waals surface area contributed by atoms with Gasteiger partial charge in [0.05, 0.1) is 5.56 Å². The summed E-state index contributed by atoms with van der Waals surface area (Å²) < 4.78 is 26.3. The van der Waals surface area contributed by atoms with Crippen LogP contribution in [0.15, 0.2) is 42.5 Å². The summed E-state index contributed by atoms with van der Waals surface area (Å²) >= 11 is 0. The Morgan fingerprint density at radius 1 is 1.09 bits per heavy atom. The van der Waals surface area contributed by atoms with Gasteiger partial charge < -0.3 is 4.90 Å². The number of carbonyl (C=O) groups is 1. The Balaban J connectivity index is 1.75. The number of carbonyl (C=O) groups excluding carboxylic acids is 1. The Morgan fingerprint density at radius 2 is 1.86 bits per heavy atom. The standard InChI is InChI=1S/C18H13F2NO/c19-16-7-5-14(17(20)11-16)6-8-18(22)21-10-9-13-3-1-2-4-15(13)12-21/h1-5,7,11H,9-10,12H2. The molecule has 1 aliphatic heterocycles. The third-order valence-corrected chi connectivity index (χ3v) is 3.65. The van der Waals surface area contributed by atoms with Crippen molar-refractivity contribution in [2.24, 2.45) is 0 Å². The van der Waals surface area contributed by atoms with Crippen LogP contribution in [0.1, 0.15) is 16.7 Å². The van der Waals surface area contributed by atoms with Crippen molar-refractivity contribution in [3.8, 4) is 11.8 Å². The summed E-state index contributed by atoms with van der Waals surface area (Å²) in [6.45, 7) is 1.10. The number of amides is 1. The molecule has 1 aliphatic rings. The van der Waals surface area contributed by atoms with Crippen LogP contribution >= 0.6 is 0 Å². The molecule has 0 saturated carbocycles. The van der Waals surface area contributed by atoms with E-state index >= 15 is 0 Å². The highest BCUT2D eigenvalue weighted by Crippen LogP contribution is 2.18. The van der Waals surface area contributed by atoms with Crippen molar-refractivity contribution in [3.63, 3.8) is 0 Å². The maximum Gasteiger partial charge on any atom is 0.299 e. The third-order valence-electron chi connectivity index (χ3n) is 3.65. The molecule has 0 bridgehead atoms. The van der Waals surface area contributed by atoms with Crippen molar-refractivity contribution < 1.29 is 13.6 Å². The van der Waals surface area contributed by atoms with Gasteiger partial charge in [0.15, 0.2) is 0 Å². The molecular formula is C18H13F2NO. The minimum Gasteiger partial charge on any atom is -0.327 e. The molecule has 0 spiro atoms. The molecule has 0 aromatic heterocycles. The lowest BCUT2D eigenvalue weighted by Gasteiger charge is -2.27. The molecule has 3 rings (SSSR count). The summed E-state index contributed by atoms with van der Waals surface area (Å²) in [7, 11) is 0. The van der Waals surface area contributed by atoms with E-state index in [0.29, 0.717) is 13.1 Å². The lowest BCUT2D eigenvalue weighted by molar-refractivity contribution is -0.125. The molecule has 0 fully saturated rings. The monoisotopic (exact) mass is 297 g/mol. The van der Waals surface area contributed by atoms with Gasteiger partial charge in [0.25, 0.3) is 5.91 Å². The second kappa shape index (κ2) is 5.98. The Kier molecular flexibility index (Phi) is 3.88. The van der Waals surface area contributed by atoms with E-state index in [1.165, 1.54) is 11.6 Å². The van der Waals surface area contributed by atoms with E-state index in [9.17, 15) is 13.6 Å². The molecule has 0 radical (unpaired) electrons. The number of benzene rings is 2. The zero-order chi connectivity index (χ0) is 15.5. The van der Waals surface area contributed by atoms with Gasteiger partial charge in [-0.1, -0.05) is 30.2 Å². The highest BCUT2D eigenvalue weighted by Gasteiger charge is 2.18. The number of rotatable bonds is 0. The molecular weight excluding hydrogens is 284 g/mol. The molecule has 0 aliphatic carbocycles. The lowest BCUT2D eigenvalue weighted by Crippen LogP contribution is -2.35. The smallest absolute Gasteiger partial charge is 0.299 e. The molecule has 4 heteroatoms. The maximum absolute atomic E-state index is 13.5. The van der Waals surface area contributed by atoms with Crippen molar-refractivity contribution in [1.82, 2.24) is 4.90 Å². The van der Waals surface area contributed by atoms with E-state index in [1.54, 1.807) is 4.90 Å². The number of hydrogen-bond acceptors (Lipinski definition) is 1. The zero-order valence-electron chi connectivity index (χ0n) is 11.8. The average molecular weight is 297 g/mol. The predicted molar refractivity (Wildman–Crippen MR) is 78.8 cm³/mol. The SMILES string of the molecule is O=C(C#Cc1ccc(F)cc1F)N1CCc2ccccc2C1. The van der Waals surface area contributed by atoms with Crippen molar-refractivity contribution >= 4 is 5.91 Å². The molecule has 1 heterocycles. The van der Waals surface area contributed by atoms with Crippen molar-refractivity contribution in [2.45, 2.75) is 13.0 Å². The first kappa shape index (κ1) is 14.3. The number of fused-ring (bicyclic) bond motifs is 1. The first-order valence-electron chi connectivity index (χ1n) is 6.96. The van der Waals surface area contributed by atoms with Gasteiger partial charge in [-0.05, 0) is 29.7 Å². The second-order valence-electron chi connectivity index (χ2n) is 5.12. The Hall–Kier alpha value is -2.67. The van der Waals surface area contributed by atoms with Crippen LogP contribution in [0.25, 0.3) is 0 Å². The van der Waals surface area contributed by atoms with Crippen LogP contribution in [-0.4, -0.2) is 17.4 Å². The van der Waals surface area contributed by atoms with Gasteiger partial charge in [0.1, 0.15) is 11.6 Å². The maximum atomic E-state index is 13.5. The van der Waals surface area contributed by atoms with Gasteiger partial charge in [-0.2, -0.15) is 0 Å². The van der Waals surface area contributed by atoms with Gasteiger partial charge in [0, 0.05) is 25.1 Å². The van der Waals surface area contributed by atoms with Crippen LogP contribution in [0.2, 0.25) is 0 Å². The Labute approximate surface area is 127 Å². The van der Waals surface area contributed by atoms with Crippen LogP contribution in [0.4, 0.5) is 8.78 Å². The lowest BCUT2D eigenvalue weighted by atomic mass is 10.00. The highest BCUT2D eigenvalue weighted by molar-refractivity contribution is 5.94. The summed E-state index contributed by atoms with van der Waals surface area (Å²) in [6.07, 6.45) is 0.786. The molecule has 22 heavy (non-hydrogen) atoms. The largest absolute Gasteiger partial charge is 0.327 e. The minimum atomic E-state index is -0.760. The summed E-state index contributed by atoms with van der Waals surface area (Å²) in [5.74, 6) is 3.14. The van der Waals surface area contributed by atoms with E-state index in [0.717, 1.165) is 24.1 Å². The van der Waals surface area contributed by atoms with E-state index in [2.05, 4.69) is 17.9 Å². The summed E-state index contributed by atoms with van der Waals surface area (Å²) in [5.41, 5.74) is 2.37. The van der Waals surface area contributed by atoms with E-state index in [-0.39, 0.29) is 11.5 Å². The molecule has 2 aromatic rings. The van der Waals surface area contributed by atoms with E-state index in [1.807, 2.05) is 18.2 Å². The minimum absolute atomic E-state index is 0.0205. The zero-order valence-corrected chi connectivity index (χ0v) is 11.8. The quantitative estimate of drug-likeness (QED) is 0.685. The second-order valence-corrected chi connectivity index (χ2v) is 5.12. The fourth-order valence-electron chi connectivity index (χ4n) is 2.46. The summed E-state index contributed by atoms with van der Waals surface area (Å²) in [5, 5.41) is 0. The predicted octanol–water partition coefficient (Wildman–Crippen LogP) is 2.90. The van der Waals surface area contributed by atoms with Crippen molar-refractivity contribution in [1.29, 1.82) is 0 Å². The van der Waals surface area contributed by atoms with Crippen LogP contribution in [0.5, 0.6) is 0 Å². The first-order valence-corrected chi connectivity index (χ1v) is 6.96. The molecule has 0 saturated heterocycles. The summed E-state index contributed by atoms with van der Waals surface area (Å²) in [4.78, 5) is 13.8. The Morgan fingerprint density at radius 3 is 2.64 bits per heavy atom. The number of halogens is 2. The highest BCUT2D eigenvalue weighted by atomic mass is 19.1. The van der Waals surface area contributed by atoms with Crippen molar-refractivity contribution in [2.75, 3.05) is 6.54 Å². The van der Waals surface area contributed by atoms with Crippen LogP contribution < -0.4 is 0 Å². The fourth-order valence-corrected chi connectivity index (χ4v) is 2.46. The van der Waals surface area contributed by atoms with Crippen LogP contribution in [-0.2, 0) is 17.8 Å². The fraction of sp³-hybridized carbons (Fsp3) is 0.167. The van der Waals surface area contributed by atoms with Crippen molar-refractivity contribution in [3.05, 3.63) is 70.8 Å². The van der Waals surface area contributed by atoms with Gasteiger partial charge in [-0.15, -0.1) is 0 Å². The van der Waals surface area contributed by atoms with E-state index < -0.39 is 11.6 Å². The molecule has 0 unspecified atom stereocenters. The third kappa shape index (κ3) is 2.99. The van der Waals surface area contributed by atoms with Gasteiger partial charge in [-0.25, -0.2) is 8.78 Å². The first-order chi connectivity index (χ1) is 10.6. The normalized spacial score (nSPS) is 13.1. The van der Waals surface area contributed by atoms with Crippen LogP contribution in [0, 0.1) is 23.5 Å². The number of hydrogen-bond donors (Lipinski definition) is 0. The van der Waals surface area contributed by atoms with E-state index in [4.69, 9.17) is 0 Å². The van der Waals surface area contributed by atoms with Gasteiger partial charge in [-0.3, -0.25) is 4.79 Å². The Bertz CT molecular complexity index is 789.